The van der Waals surface area contributed by atoms with E-state index in [1.165, 1.54) is 0 Å². The molecule has 0 bridgehead atoms. The van der Waals surface area contributed by atoms with Crippen molar-refractivity contribution >= 4 is 11.2 Å². The first kappa shape index (κ1) is 11.5. The second-order valence-electron chi connectivity index (χ2n) is 4.86. The van der Waals surface area contributed by atoms with Crippen LogP contribution in [0.25, 0.3) is 11.2 Å². The summed E-state index contributed by atoms with van der Waals surface area (Å²) in [7, 11) is 2.07. The third-order valence-corrected chi connectivity index (χ3v) is 3.46. The average Bonchev–Trinajstić information content (AvgIpc) is 2.75. The molecule has 0 aromatic carbocycles. The number of rotatable bonds is 1. The van der Waals surface area contributed by atoms with Gasteiger partial charge < -0.3 is 10.3 Å². The Morgan fingerprint density at radius 3 is 3.06 bits per heavy atom. The van der Waals surface area contributed by atoms with Crippen molar-refractivity contribution in [2.75, 3.05) is 13.6 Å². The molecule has 7 heteroatoms. The Morgan fingerprint density at radius 2 is 2.22 bits per heavy atom. The van der Waals surface area contributed by atoms with Crippen molar-refractivity contribution in [1.29, 1.82) is 0 Å². The molecule has 2 unspecified atom stereocenters. The standard InChI is InChI=1S/C11H16N6O/c1-6-13-10-9(16-18-11(10)15-14-6)8-5-7(12)3-4-17(8)2/h7-8H,3-5,12H2,1-2H3. The third-order valence-electron chi connectivity index (χ3n) is 3.46. The highest BCUT2D eigenvalue weighted by molar-refractivity contribution is 5.70. The number of fused-ring (bicyclic) bond motifs is 1. The molecule has 3 heterocycles. The molecule has 18 heavy (non-hydrogen) atoms. The topological polar surface area (TPSA) is 94.0 Å². The van der Waals surface area contributed by atoms with Crippen LogP contribution in [-0.4, -0.2) is 44.9 Å². The average molecular weight is 248 g/mol. The largest absolute Gasteiger partial charge is 0.332 e. The summed E-state index contributed by atoms with van der Waals surface area (Å²) in [5.41, 5.74) is 7.95. The first-order valence-corrected chi connectivity index (χ1v) is 6.07. The van der Waals surface area contributed by atoms with Crippen LogP contribution < -0.4 is 5.73 Å². The minimum Gasteiger partial charge on any atom is -0.332 e. The van der Waals surface area contributed by atoms with Crippen LogP contribution in [0.5, 0.6) is 0 Å². The van der Waals surface area contributed by atoms with E-state index in [4.69, 9.17) is 10.3 Å². The van der Waals surface area contributed by atoms with Gasteiger partial charge in [-0.1, -0.05) is 5.16 Å². The quantitative estimate of drug-likeness (QED) is 0.781. The molecule has 2 N–H and O–H groups in total. The number of aryl methyl sites for hydroxylation is 1. The number of nitrogens with zero attached hydrogens (tertiary/aromatic N) is 5. The van der Waals surface area contributed by atoms with E-state index in [0.29, 0.717) is 17.1 Å². The van der Waals surface area contributed by atoms with Gasteiger partial charge in [0, 0.05) is 6.04 Å². The fourth-order valence-electron chi connectivity index (χ4n) is 2.41. The van der Waals surface area contributed by atoms with Crippen molar-refractivity contribution in [2.45, 2.75) is 31.8 Å². The van der Waals surface area contributed by atoms with E-state index in [1.54, 1.807) is 6.92 Å². The van der Waals surface area contributed by atoms with E-state index in [9.17, 15) is 0 Å². The second-order valence-corrected chi connectivity index (χ2v) is 4.86. The van der Waals surface area contributed by atoms with Crippen LogP contribution in [0.2, 0.25) is 0 Å². The van der Waals surface area contributed by atoms with Crippen molar-refractivity contribution in [3.63, 3.8) is 0 Å². The van der Waals surface area contributed by atoms with E-state index >= 15 is 0 Å². The van der Waals surface area contributed by atoms with Crippen LogP contribution in [0.15, 0.2) is 4.52 Å². The van der Waals surface area contributed by atoms with Gasteiger partial charge in [0.25, 0.3) is 5.71 Å². The van der Waals surface area contributed by atoms with Crippen LogP contribution in [-0.2, 0) is 0 Å². The molecule has 0 aliphatic carbocycles. The third kappa shape index (κ3) is 1.85. The Balaban J connectivity index is 2.05. The second kappa shape index (κ2) is 4.25. The summed E-state index contributed by atoms with van der Waals surface area (Å²) < 4.78 is 5.19. The fourth-order valence-corrected chi connectivity index (χ4v) is 2.41. The maximum atomic E-state index is 6.03. The fraction of sp³-hybridized carbons (Fsp3) is 0.636. The number of aromatic nitrogens is 4. The van der Waals surface area contributed by atoms with Crippen molar-refractivity contribution < 1.29 is 4.52 Å². The van der Waals surface area contributed by atoms with Crippen LogP contribution in [0.4, 0.5) is 0 Å². The lowest BCUT2D eigenvalue weighted by Crippen LogP contribution is -2.40. The van der Waals surface area contributed by atoms with E-state index in [0.717, 1.165) is 25.1 Å². The maximum Gasteiger partial charge on any atom is 0.295 e. The number of piperidine rings is 1. The molecule has 96 valence electrons. The number of hydrogen-bond donors (Lipinski definition) is 1. The van der Waals surface area contributed by atoms with Gasteiger partial charge in [0.05, 0.1) is 6.04 Å². The minimum absolute atomic E-state index is 0.145. The summed E-state index contributed by atoms with van der Waals surface area (Å²) in [5.74, 6) is 0.620. The molecule has 1 aliphatic rings. The molecule has 7 nitrogen and oxygen atoms in total. The van der Waals surface area contributed by atoms with E-state index in [1.807, 2.05) is 0 Å². The summed E-state index contributed by atoms with van der Waals surface area (Å²) in [5, 5.41) is 11.9. The van der Waals surface area contributed by atoms with Gasteiger partial charge in [-0.3, -0.25) is 4.90 Å². The Hall–Kier alpha value is -1.60. The molecular weight excluding hydrogens is 232 g/mol. The molecule has 2 atom stereocenters. The van der Waals surface area contributed by atoms with Gasteiger partial charge in [-0.2, -0.15) is 0 Å². The van der Waals surface area contributed by atoms with Crippen LogP contribution >= 0.6 is 0 Å². The number of likely N-dealkylation sites (tertiary alicyclic amines) is 1. The van der Waals surface area contributed by atoms with Gasteiger partial charge in [0.2, 0.25) is 0 Å². The molecule has 2 aromatic heterocycles. The summed E-state index contributed by atoms with van der Waals surface area (Å²) in [6, 6.07) is 0.347. The highest BCUT2D eigenvalue weighted by Gasteiger charge is 2.30. The predicted molar refractivity (Wildman–Crippen MR) is 64.7 cm³/mol. The summed E-state index contributed by atoms with van der Waals surface area (Å²) in [4.78, 5) is 6.61. The molecule has 0 spiro atoms. The minimum atomic E-state index is 0.145. The van der Waals surface area contributed by atoms with Gasteiger partial charge in [-0.15, -0.1) is 10.2 Å². The lowest BCUT2D eigenvalue weighted by molar-refractivity contribution is 0.165. The zero-order valence-electron chi connectivity index (χ0n) is 10.5. The zero-order chi connectivity index (χ0) is 12.7. The molecule has 1 aliphatic heterocycles. The SMILES string of the molecule is Cc1nnc2onc(C3CC(N)CCN3C)c2n1. The van der Waals surface area contributed by atoms with E-state index in [-0.39, 0.29) is 12.1 Å². The highest BCUT2D eigenvalue weighted by Crippen LogP contribution is 2.31. The zero-order valence-corrected chi connectivity index (χ0v) is 10.5. The Bertz CT molecular complexity index is 568. The summed E-state index contributed by atoms with van der Waals surface area (Å²) in [6.45, 7) is 2.76. The smallest absolute Gasteiger partial charge is 0.295 e. The van der Waals surface area contributed by atoms with Gasteiger partial charge in [0.1, 0.15) is 11.5 Å². The molecule has 2 aromatic rings. The number of hydrogen-bond acceptors (Lipinski definition) is 7. The first-order chi connectivity index (χ1) is 8.65. The van der Waals surface area contributed by atoms with Crippen LogP contribution in [0.1, 0.15) is 30.4 Å². The molecule has 3 rings (SSSR count). The van der Waals surface area contributed by atoms with Gasteiger partial charge in [-0.25, -0.2) is 4.98 Å². The molecule has 0 radical (unpaired) electrons. The Morgan fingerprint density at radius 1 is 1.39 bits per heavy atom. The molecule has 1 fully saturated rings. The molecule has 0 saturated carbocycles. The van der Waals surface area contributed by atoms with Gasteiger partial charge >= 0.3 is 0 Å². The lowest BCUT2D eigenvalue weighted by Gasteiger charge is -2.34. The first-order valence-electron chi connectivity index (χ1n) is 6.07. The Kier molecular flexibility index (Phi) is 2.71. The van der Waals surface area contributed by atoms with Gasteiger partial charge in [-0.05, 0) is 33.4 Å². The Labute approximate surface area is 104 Å². The summed E-state index contributed by atoms with van der Waals surface area (Å²) >= 11 is 0. The normalized spacial score (nSPS) is 25.7. The van der Waals surface area contributed by atoms with Crippen LogP contribution in [0, 0.1) is 6.92 Å². The predicted octanol–water partition coefficient (Wildman–Crippen LogP) is 0.415. The molecular formula is C11H16N6O. The van der Waals surface area contributed by atoms with Gasteiger partial charge in [0.15, 0.2) is 5.52 Å². The van der Waals surface area contributed by atoms with Crippen molar-refractivity contribution in [3.8, 4) is 0 Å². The maximum absolute atomic E-state index is 6.03. The van der Waals surface area contributed by atoms with E-state index in [2.05, 4.69) is 32.3 Å². The summed E-state index contributed by atoms with van der Waals surface area (Å²) in [6.07, 6.45) is 1.87. The van der Waals surface area contributed by atoms with Crippen LogP contribution in [0.3, 0.4) is 0 Å². The molecule has 0 amide bonds. The lowest BCUT2D eigenvalue weighted by atomic mass is 9.96. The molecule has 1 saturated heterocycles. The monoisotopic (exact) mass is 248 g/mol. The highest BCUT2D eigenvalue weighted by atomic mass is 16.5. The van der Waals surface area contributed by atoms with E-state index < -0.39 is 0 Å². The van der Waals surface area contributed by atoms with Crippen molar-refractivity contribution in [1.82, 2.24) is 25.2 Å². The van der Waals surface area contributed by atoms with Crippen molar-refractivity contribution in [2.24, 2.45) is 5.73 Å². The number of nitrogens with two attached hydrogens (primary N) is 1. The van der Waals surface area contributed by atoms with Crippen molar-refractivity contribution in [3.05, 3.63) is 11.5 Å².